The van der Waals surface area contributed by atoms with E-state index in [-0.39, 0.29) is 31.1 Å². The van der Waals surface area contributed by atoms with Gasteiger partial charge in [0.2, 0.25) is 5.91 Å². The first-order valence-electron chi connectivity index (χ1n) is 6.90. The highest BCUT2D eigenvalue weighted by molar-refractivity contribution is 6.42. The van der Waals surface area contributed by atoms with Crippen molar-refractivity contribution in [2.75, 3.05) is 13.2 Å². The Balaban J connectivity index is 2.41. The summed E-state index contributed by atoms with van der Waals surface area (Å²) in [6.07, 6.45) is 1.52. The lowest BCUT2D eigenvalue weighted by Crippen LogP contribution is -2.46. The Morgan fingerprint density at radius 1 is 1.38 bits per heavy atom. The highest BCUT2D eigenvalue weighted by atomic mass is 35.5. The molecule has 1 amide bonds. The molecule has 4 nitrogen and oxygen atoms in total. The summed E-state index contributed by atoms with van der Waals surface area (Å²) in [6, 6.07) is 4.96. The second-order valence-electron chi connectivity index (χ2n) is 5.11. The topological polar surface area (TPSA) is 58.6 Å². The fraction of sp³-hybridized carbons (Fsp3) is 0.533. The number of hydrogen-bond acceptors (Lipinski definition) is 3. The number of nitrogens with one attached hydrogen (secondary N) is 1. The number of ether oxygens (including phenoxy) is 1. The maximum Gasteiger partial charge on any atom is 0.223 e. The molecule has 2 N–H and O–H groups in total. The number of halogens is 2. The smallest absolute Gasteiger partial charge is 0.223 e. The minimum atomic E-state index is -0.380. The average Bonchev–Trinajstić information content (AvgIpc) is 2.43. The highest BCUT2D eigenvalue weighted by Gasteiger charge is 2.23. The Morgan fingerprint density at radius 2 is 2.10 bits per heavy atom. The van der Waals surface area contributed by atoms with Gasteiger partial charge in [0.05, 0.1) is 23.1 Å². The van der Waals surface area contributed by atoms with Crippen LogP contribution < -0.4 is 10.1 Å². The summed E-state index contributed by atoms with van der Waals surface area (Å²) >= 11 is 11.7. The normalized spacial score (nSPS) is 13.6. The standard InChI is InChI=1S/C15H21Cl2NO3/c1-3-15(2,7-8-19)18-14(20)6-9-21-11-4-5-12(16)13(17)10-11/h4-5,10,19H,3,6-9H2,1-2H3,(H,18,20). The first-order valence-corrected chi connectivity index (χ1v) is 7.65. The van der Waals surface area contributed by atoms with Crippen LogP contribution in [0.4, 0.5) is 0 Å². The number of hydrogen-bond donors (Lipinski definition) is 2. The molecule has 0 aliphatic carbocycles. The summed E-state index contributed by atoms with van der Waals surface area (Å²) in [5.74, 6) is 0.471. The van der Waals surface area contributed by atoms with Gasteiger partial charge in [-0.2, -0.15) is 0 Å². The molecule has 0 aliphatic rings. The molecule has 6 heteroatoms. The van der Waals surface area contributed by atoms with Crippen LogP contribution in [0.15, 0.2) is 18.2 Å². The van der Waals surface area contributed by atoms with Crippen LogP contribution >= 0.6 is 23.2 Å². The minimum absolute atomic E-state index is 0.0460. The zero-order chi connectivity index (χ0) is 15.9. The Hall–Kier alpha value is -0.970. The Kier molecular flexibility index (Phi) is 7.29. The van der Waals surface area contributed by atoms with E-state index in [4.69, 9.17) is 33.0 Å². The van der Waals surface area contributed by atoms with Gasteiger partial charge in [-0.15, -0.1) is 0 Å². The molecule has 1 atom stereocenters. The summed E-state index contributed by atoms with van der Waals surface area (Å²) in [4.78, 5) is 11.9. The van der Waals surface area contributed by atoms with Gasteiger partial charge in [-0.25, -0.2) is 0 Å². The van der Waals surface area contributed by atoms with Gasteiger partial charge in [0, 0.05) is 18.2 Å². The minimum Gasteiger partial charge on any atom is -0.493 e. The molecule has 1 unspecified atom stereocenters. The van der Waals surface area contributed by atoms with Crippen molar-refractivity contribution in [1.29, 1.82) is 0 Å². The van der Waals surface area contributed by atoms with Crippen LogP contribution in [0, 0.1) is 0 Å². The number of carbonyl (C=O) groups excluding carboxylic acids is 1. The van der Waals surface area contributed by atoms with Crippen LogP contribution in [0.5, 0.6) is 5.75 Å². The monoisotopic (exact) mass is 333 g/mol. The molecule has 1 aromatic rings. The highest BCUT2D eigenvalue weighted by Crippen LogP contribution is 2.26. The summed E-state index contributed by atoms with van der Waals surface area (Å²) in [6.45, 7) is 4.19. The van der Waals surface area contributed by atoms with E-state index in [0.717, 1.165) is 6.42 Å². The van der Waals surface area contributed by atoms with Gasteiger partial charge in [-0.3, -0.25) is 4.79 Å². The van der Waals surface area contributed by atoms with Gasteiger partial charge >= 0.3 is 0 Å². The Labute approximate surface area is 135 Å². The van der Waals surface area contributed by atoms with Crippen molar-refractivity contribution in [3.05, 3.63) is 28.2 Å². The van der Waals surface area contributed by atoms with Crippen LogP contribution in [0.25, 0.3) is 0 Å². The zero-order valence-electron chi connectivity index (χ0n) is 12.3. The summed E-state index contributed by atoms with van der Waals surface area (Å²) in [7, 11) is 0. The average molecular weight is 334 g/mol. The number of carbonyl (C=O) groups is 1. The number of benzene rings is 1. The molecule has 0 radical (unpaired) electrons. The molecule has 118 valence electrons. The lowest BCUT2D eigenvalue weighted by Gasteiger charge is -2.29. The van der Waals surface area contributed by atoms with E-state index in [1.54, 1.807) is 18.2 Å². The van der Waals surface area contributed by atoms with Crippen LogP contribution in [-0.2, 0) is 4.79 Å². The van der Waals surface area contributed by atoms with Crippen LogP contribution in [0.3, 0.4) is 0 Å². The molecule has 21 heavy (non-hydrogen) atoms. The summed E-state index contributed by atoms with van der Waals surface area (Å²) < 4.78 is 5.47. The number of aliphatic hydroxyl groups is 1. The quantitative estimate of drug-likeness (QED) is 0.766. The number of aliphatic hydroxyl groups excluding tert-OH is 1. The van der Waals surface area contributed by atoms with Crippen LogP contribution in [0.1, 0.15) is 33.1 Å². The van der Waals surface area contributed by atoms with E-state index < -0.39 is 0 Å². The molecule has 0 aromatic heterocycles. The van der Waals surface area contributed by atoms with E-state index in [2.05, 4.69) is 5.32 Å². The maximum atomic E-state index is 11.9. The number of rotatable bonds is 8. The molecule has 0 heterocycles. The zero-order valence-corrected chi connectivity index (χ0v) is 13.8. The van der Waals surface area contributed by atoms with Crippen molar-refractivity contribution >= 4 is 29.1 Å². The molecule has 0 bridgehead atoms. The fourth-order valence-corrected chi connectivity index (χ4v) is 2.09. The van der Waals surface area contributed by atoms with Crippen molar-refractivity contribution in [2.24, 2.45) is 0 Å². The molecule has 0 saturated carbocycles. The van der Waals surface area contributed by atoms with Crippen molar-refractivity contribution in [2.45, 2.75) is 38.6 Å². The van der Waals surface area contributed by atoms with Gasteiger partial charge in [0.1, 0.15) is 5.75 Å². The molecule has 1 rings (SSSR count). The largest absolute Gasteiger partial charge is 0.493 e. The van der Waals surface area contributed by atoms with Crippen molar-refractivity contribution in [3.63, 3.8) is 0 Å². The predicted octanol–water partition coefficient (Wildman–Crippen LogP) is 3.43. The van der Waals surface area contributed by atoms with Crippen molar-refractivity contribution < 1.29 is 14.6 Å². The maximum absolute atomic E-state index is 11.9. The van der Waals surface area contributed by atoms with Crippen LogP contribution in [-0.4, -0.2) is 29.8 Å². The summed E-state index contributed by atoms with van der Waals surface area (Å²) in [5.41, 5.74) is -0.380. The second-order valence-corrected chi connectivity index (χ2v) is 5.92. The van der Waals surface area contributed by atoms with E-state index in [1.807, 2.05) is 13.8 Å². The van der Waals surface area contributed by atoms with Gasteiger partial charge in [-0.1, -0.05) is 30.1 Å². The van der Waals surface area contributed by atoms with Gasteiger partial charge in [0.15, 0.2) is 0 Å². The molecular weight excluding hydrogens is 313 g/mol. The van der Waals surface area contributed by atoms with E-state index in [0.29, 0.717) is 22.2 Å². The van der Waals surface area contributed by atoms with E-state index in [9.17, 15) is 4.79 Å². The first-order chi connectivity index (χ1) is 9.90. The van der Waals surface area contributed by atoms with E-state index >= 15 is 0 Å². The van der Waals surface area contributed by atoms with Crippen molar-refractivity contribution in [3.8, 4) is 5.75 Å². The second kappa shape index (κ2) is 8.47. The fourth-order valence-electron chi connectivity index (χ4n) is 1.80. The third-order valence-electron chi connectivity index (χ3n) is 3.37. The third kappa shape index (κ3) is 6.12. The SMILES string of the molecule is CCC(C)(CCO)NC(=O)CCOc1ccc(Cl)c(Cl)c1. The van der Waals surface area contributed by atoms with Gasteiger partial charge < -0.3 is 15.2 Å². The van der Waals surface area contributed by atoms with E-state index in [1.165, 1.54) is 0 Å². The van der Waals surface area contributed by atoms with Crippen LogP contribution in [0.2, 0.25) is 10.0 Å². The first kappa shape index (κ1) is 18.1. The van der Waals surface area contributed by atoms with Gasteiger partial charge in [-0.05, 0) is 31.9 Å². The van der Waals surface area contributed by atoms with Gasteiger partial charge in [0.25, 0.3) is 0 Å². The van der Waals surface area contributed by atoms with Crippen molar-refractivity contribution in [1.82, 2.24) is 5.32 Å². The molecule has 0 spiro atoms. The lowest BCUT2D eigenvalue weighted by atomic mass is 9.95. The molecule has 0 aliphatic heterocycles. The molecule has 0 saturated heterocycles. The summed E-state index contributed by atoms with van der Waals surface area (Å²) in [5, 5.41) is 12.8. The lowest BCUT2D eigenvalue weighted by molar-refractivity contribution is -0.123. The molecular formula is C15H21Cl2NO3. The number of amides is 1. The Morgan fingerprint density at radius 3 is 2.67 bits per heavy atom. The molecule has 1 aromatic carbocycles. The molecule has 0 fully saturated rings. The third-order valence-corrected chi connectivity index (χ3v) is 4.11. The predicted molar refractivity (Wildman–Crippen MR) is 85.1 cm³/mol. The Bertz CT molecular complexity index is 482.